The monoisotopic (exact) mass is 535 g/mol. The van der Waals surface area contributed by atoms with Crippen molar-refractivity contribution in [2.75, 3.05) is 24.5 Å². The van der Waals surface area contributed by atoms with Crippen molar-refractivity contribution < 1.29 is 22.7 Å². The van der Waals surface area contributed by atoms with Gasteiger partial charge in [0, 0.05) is 29.4 Å². The fourth-order valence-corrected chi connectivity index (χ4v) is 6.06. The highest BCUT2D eigenvalue weighted by Gasteiger charge is 2.33. The summed E-state index contributed by atoms with van der Waals surface area (Å²) in [7, 11) is 0. The number of likely N-dealkylation sites (tertiary alicyclic amines) is 1. The molecule has 2 aliphatic heterocycles. The van der Waals surface area contributed by atoms with Gasteiger partial charge in [-0.25, -0.2) is 4.79 Å². The molecular weight excluding hydrogens is 499 g/mol. The molecule has 0 aliphatic carbocycles. The number of hydrogen-bond donors (Lipinski definition) is 1. The number of ether oxygens (including phenoxy) is 1. The minimum atomic E-state index is -4.37. The number of para-hydroxylation sites is 1. The lowest BCUT2D eigenvalue weighted by atomic mass is 9.92. The van der Waals surface area contributed by atoms with Crippen molar-refractivity contribution in [3.8, 4) is 0 Å². The second kappa shape index (κ2) is 11.2. The van der Waals surface area contributed by atoms with Gasteiger partial charge in [0.05, 0.1) is 23.1 Å². The minimum absolute atomic E-state index is 0.0996. The number of piperidine rings is 1. The summed E-state index contributed by atoms with van der Waals surface area (Å²) in [5.74, 6) is 0.556. The van der Waals surface area contributed by atoms with Crippen LogP contribution in [0.3, 0.4) is 0 Å². The Hall–Kier alpha value is -2.39. The van der Waals surface area contributed by atoms with Crippen LogP contribution in [0.15, 0.2) is 52.3 Å². The predicted molar refractivity (Wildman–Crippen MR) is 141 cm³/mol. The van der Waals surface area contributed by atoms with Crippen LogP contribution in [0.4, 0.5) is 29.3 Å². The molecule has 1 fully saturated rings. The van der Waals surface area contributed by atoms with Crippen molar-refractivity contribution >= 4 is 29.2 Å². The van der Waals surface area contributed by atoms with E-state index >= 15 is 0 Å². The zero-order valence-electron chi connectivity index (χ0n) is 21.9. The number of carbonyl (C=O) groups excluding carboxylic acids is 1. The van der Waals surface area contributed by atoms with Gasteiger partial charge in [-0.1, -0.05) is 23.9 Å². The van der Waals surface area contributed by atoms with Crippen molar-refractivity contribution in [1.82, 2.24) is 10.2 Å². The number of alkyl halides is 3. The maximum absolute atomic E-state index is 13.4. The Labute approximate surface area is 221 Å². The molecule has 0 saturated carbocycles. The molecule has 9 heteroatoms. The molecule has 0 bridgehead atoms. The number of amides is 1. The van der Waals surface area contributed by atoms with Gasteiger partial charge in [0.2, 0.25) is 0 Å². The van der Waals surface area contributed by atoms with E-state index < -0.39 is 23.4 Å². The van der Waals surface area contributed by atoms with E-state index in [1.807, 2.05) is 52.0 Å². The summed E-state index contributed by atoms with van der Waals surface area (Å²) in [4.78, 5) is 18.3. The molecule has 1 saturated heterocycles. The summed E-state index contributed by atoms with van der Waals surface area (Å²) < 4.78 is 45.7. The lowest BCUT2D eigenvalue weighted by Gasteiger charge is -2.37. The summed E-state index contributed by atoms with van der Waals surface area (Å²) >= 11 is 1.52. The molecular formula is C28H36F3N3O2S. The minimum Gasteiger partial charge on any atom is -0.444 e. The van der Waals surface area contributed by atoms with Crippen LogP contribution in [-0.4, -0.2) is 42.4 Å². The smallest absolute Gasteiger partial charge is 0.416 e. The van der Waals surface area contributed by atoms with Crippen molar-refractivity contribution in [1.29, 1.82) is 0 Å². The number of halogens is 3. The fourth-order valence-electron chi connectivity index (χ4n) is 4.98. The van der Waals surface area contributed by atoms with Crippen molar-refractivity contribution in [3.05, 3.63) is 48.0 Å². The maximum atomic E-state index is 13.4. The van der Waals surface area contributed by atoms with Crippen LogP contribution in [0.1, 0.15) is 58.9 Å². The summed E-state index contributed by atoms with van der Waals surface area (Å²) in [5.41, 5.74) is 0.461. The molecule has 4 rings (SSSR count). The van der Waals surface area contributed by atoms with E-state index in [1.54, 1.807) is 6.07 Å². The lowest BCUT2D eigenvalue weighted by Crippen LogP contribution is -2.50. The molecule has 0 aromatic heterocycles. The molecule has 2 aromatic rings. The number of hydrogen-bond acceptors (Lipinski definition) is 5. The Morgan fingerprint density at radius 2 is 1.76 bits per heavy atom. The summed E-state index contributed by atoms with van der Waals surface area (Å²) in [5, 5.41) is 2.92. The highest BCUT2D eigenvalue weighted by Crippen LogP contribution is 2.49. The van der Waals surface area contributed by atoms with E-state index in [1.165, 1.54) is 23.9 Å². The third-order valence-electron chi connectivity index (χ3n) is 6.87. The molecule has 1 unspecified atom stereocenters. The van der Waals surface area contributed by atoms with Crippen LogP contribution in [0, 0.1) is 5.92 Å². The number of alkyl carbamates (subject to hydrolysis) is 1. The summed E-state index contributed by atoms with van der Waals surface area (Å²) in [6, 6.07) is 12.0. The average molecular weight is 536 g/mol. The van der Waals surface area contributed by atoms with Crippen molar-refractivity contribution in [2.45, 2.75) is 81.1 Å². The Kier molecular flexibility index (Phi) is 8.33. The number of nitrogens with zero attached hydrogens (tertiary/aromatic N) is 2. The van der Waals surface area contributed by atoms with Gasteiger partial charge in [-0.15, -0.1) is 0 Å². The molecule has 1 amide bonds. The molecule has 2 aliphatic rings. The highest BCUT2D eigenvalue weighted by molar-refractivity contribution is 7.99. The Morgan fingerprint density at radius 1 is 1.08 bits per heavy atom. The second-order valence-electron chi connectivity index (χ2n) is 10.8. The first-order chi connectivity index (χ1) is 17.4. The van der Waals surface area contributed by atoms with E-state index in [0.717, 1.165) is 54.3 Å². The Morgan fingerprint density at radius 3 is 2.43 bits per heavy atom. The molecule has 0 spiro atoms. The molecule has 1 atom stereocenters. The van der Waals surface area contributed by atoms with Gasteiger partial charge in [-0.3, -0.25) is 4.90 Å². The summed E-state index contributed by atoms with van der Waals surface area (Å²) in [6.45, 7) is 9.96. The van der Waals surface area contributed by atoms with E-state index in [-0.39, 0.29) is 6.17 Å². The van der Waals surface area contributed by atoms with Gasteiger partial charge in [0.15, 0.2) is 0 Å². The van der Waals surface area contributed by atoms with Crippen LogP contribution in [-0.2, 0) is 10.9 Å². The van der Waals surface area contributed by atoms with E-state index in [2.05, 4.69) is 15.1 Å². The van der Waals surface area contributed by atoms with Crippen molar-refractivity contribution in [2.24, 2.45) is 5.92 Å². The lowest BCUT2D eigenvalue weighted by molar-refractivity contribution is -0.137. The number of nitrogens with one attached hydrogen (secondary N) is 1. The third-order valence-corrected chi connectivity index (χ3v) is 8.00. The zero-order chi connectivity index (χ0) is 26.8. The molecule has 2 aromatic carbocycles. The molecule has 0 radical (unpaired) electrons. The van der Waals surface area contributed by atoms with Crippen molar-refractivity contribution in [3.63, 3.8) is 0 Å². The highest BCUT2D eigenvalue weighted by atomic mass is 32.2. The van der Waals surface area contributed by atoms with E-state index in [9.17, 15) is 18.0 Å². The zero-order valence-corrected chi connectivity index (χ0v) is 22.7. The number of anilines is 2. The molecule has 202 valence electrons. The quantitative estimate of drug-likeness (QED) is 0.411. The standard InChI is InChI=1S/C28H36F3N3O2S/c1-19(32-26(35)36-27(2,3)4)33-16-13-20(14-17-33)8-7-15-34-22-9-5-6-10-24(22)37-25-12-11-21(18-23(25)34)28(29,30)31/h5-6,9-12,18-20H,7-8,13-17H2,1-4H3,(H,32,35). The van der Waals surface area contributed by atoms with Crippen LogP contribution >= 0.6 is 11.8 Å². The third kappa shape index (κ3) is 7.13. The van der Waals surface area contributed by atoms with Crippen LogP contribution in [0.2, 0.25) is 0 Å². The van der Waals surface area contributed by atoms with Crippen LogP contribution in [0.25, 0.3) is 0 Å². The first-order valence-corrected chi connectivity index (χ1v) is 13.7. The summed E-state index contributed by atoms with van der Waals surface area (Å²) in [6.07, 6.45) is -0.907. The van der Waals surface area contributed by atoms with Gasteiger partial charge in [0.25, 0.3) is 0 Å². The van der Waals surface area contributed by atoms with Gasteiger partial charge in [-0.05, 0) is 89.6 Å². The largest absolute Gasteiger partial charge is 0.444 e. The molecule has 1 N–H and O–H groups in total. The number of fused-ring (bicyclic) bond motifs is 2. The van der Waals surface area contributed by atoms with E-state index in [4.69, 9.17) is 4.74 Å². The number of carbonyl (C=O) groups is 1. The van der Waals surface area contributed by atoms with Gasteiger partial charge in [0.1, 0.15) is 5.60 Å². The number of benzene rings is 2. The van der Waals surface area contributed by atoms with Crippen LogP contribution < -0.4 is 10.2 Å². The normalized spacial score (nSPS) is 17.6. The van der Waals surface area contributed by atoms with Gasteiger partial charge in [-0.2, -0.15) is 13.2 Å². The van der Waals surface area contributed by atoms with E-state index in [0.29, 0.717) is 18.2 Å². The predicted octanol–water partition coefficient (Wildman–Crippen LogP) is 7.67. The molecule has 37 heavy (non-hydrogen) atoms. The first-order valence-electron chi connectivity index (χ1n) is 12.9. The van der Waals surface area contributed by atoms with Gasteiger partial charge < -0.3 is 15.0 Å². The topological polar surface area (TPSA) is 44.8 Å². The van der Waals surface area contributed by atoms with Gasteiger partial charge >= 0.3 is 12.3 Å². The Bertz CT molecular complexity index is 1090. The molecule has 2 heterocycles. The number of rotatable bonds is 6. The van der Waals surface area contributed by atoms with Crippen LogP contribution in [0.5, 0.6) is 0 Å². The Balaban J connectivity index is 1.33. The SMILES string of the molecule is CC(NC(=O)OC(C)(C)C)N1CCC(CCCN2c3ccccc3Sc3ccc(C(F)(F)F)cc32)CC1. The second-order valence-corrected chi connectivity index (χ2v) is 11.9. The average Bonchev–Trinajstić information content (AvgIpc) is 2.82. The maximum Gasteiger partial charge on any atom is 0.416 e. The fraction of sp³-hybridized carbons (Fsp3) is 0.536. The molecule has 5 nitrogen and oxygen atoms in total. The first kappa shape index (κ1) is 27.6.